The Morgan fingerprint density at radius 2 is 1.58 bits per heavy atom. The predicted octanol–water partition coefficient (Wildman–Crippen LogP) is 5.60. The first kappa shape index (κ1) is 56.9. The molecule has 3 unspecified atom stereocenters. The lowest BCUT2D eigenvalue weighted by Gasteiger charge is -2.40. The van der Waals surface area contributed by atoms with Crippen LogP contribution in [0.1, 0.15) is 154 Å². The summed E-state index contributed by atoms with van der Waals surface area (Å²) in [6, 6.07) is 4.42. The molecule has 0 bridgehead atoms. The van der Waals surface area contributed by atoms with Crippen LogP contribution in [-0.4, -0.2) is 154 Å². The summed E-state index contributed by atoms with van der Waals surface area (Å²) >= 11 is 5.51. The molecule has 6 aliphatic rings. The van der Waals surface area contributed by atoms with E-state index in [2.05, 4.69) is 31.8 Å². The van der Waals surface area contributed by atoms with Gasteiger partial charge in [0.1, 0.15) is 29.1 Å². The van der Waals surface area contributed by atoms with Gasteiger partial charge in [-0.3, -0.25) is 48.7 Å². The number of ether oxygens (including phenoxy) is 5. The average Bonchev–Trinajstić information content (AvgIpc) is 3.83. The number of morpholine rings is 1. The fourth-order valence-electron chi connectivity index (χ4n) is 9.64. The summed E-state index contributed by atoms with van der Waals surface area (Å²) in [5.74, 6) is -5.62. The summed E-state index contributed by atoms with van der Waals surface area (Å²) in [7, 11) is 3.01. The molecule has 4 N–H and O–H groups in total. The first-order valence-corrected chi connectivity index (χ1v) is 26.6. The van der Waals surface area contributed by atoms with Crippen molar-refractivity contribution in [2.24, 2.45) is 5.92 Å². The van der Waals surface area contributed by atoms with Gasteiger partial charge in [-0.1, -0.05) is 45.7 Å². The molecular formula is C52H71N3O15S2. The number of benzene rings is 2. The van der Waals surface area contributed by atoms with E-state index in [1.165, 1.54) is 43.1 Å². The number of likely N-dealkylation sites (tertiary alicyclic amines) is 2. The Balaban J connectivity index is 0.000000624. The Morgan fingerprint density at radius 3 is 2.18 bits per heavy atom. The zero-order valence-electron chi connectivity index (χ0n) is 42.3. The minimum atomic E-state index is -2.22. The molecule has 7 atom stereocenters. The number of nitrogens with zero attached hydrogens (tertiary/aromatic N) is 2. The maximum absolute atomic E-state index is 14.0. The summed E-state index contributed by atoms with van der Waals surface area (Å²) in [5, 5.41) is 37.9. The first-order valence-electron chi connectivity index (χ1n) is 25.1. The van der Waals surface area contributed by atoms with Gasteiger partial charge in [0.05, 0.1) is 60.0 Å². The lowest BCUT2D eigenvalue weighted by molar-refractivity contribution is -0.203. The number of nitrogens with one attached hydrogen (secondary N) is 1. The standard InChI is InChI=1S/C43H50N2O13S2.C5H11NO2.C4H10/c1-4-42(2,59)24-17-29(47)44(40(24)53)14-7-5-8-15-45-30(48)18-27(41(45)54)60-21-28(46)43(55)19-23-33(26(20-43)58-31-13-6-9-16-57-31)39(52)35-34(37(23)50)36(49)22-11-10-12-25(56-3)32(22)38(35)51;1-7-5-4-8-3-2-6-5;1-3-4-2/h10-12,24,26-27,31,50,52,55,59H,4-9,13-21H2,1-3H3;5-6H,2-4H2,1H3;3-4H2,1-2H3/t24?,26-,27?,31-,42?,43-;5-;/m01./s1. The molecule has 8 rings (SSSR count). The number of imide groups is 2. The second-order valence-corrected chi connectivity index (χ2v) is 21.4. The third kappa shape index (κ3) is 12.4. The van der Waals surface area contributed by atoms with E-state index in [4.69, 9.17) is 23.7 Å². The van der Waals surface area contributed by atoms with Gasteiger partial charge in [-0.25, -0.2) is 0 Å². The van der Waals surface area contributed by atoms with Crippen LogP contribution in [-0.2, 0) is 49.3 Å². The zero-order valence-corrected chi connectivity index (χ0v) is 44.0. The van der Waals surface area contributed by atoms with E-state index >= 15 is 0 Å². The summed E-state index contributed by atoms with van der Waals surface area (Å²) in [4.78, 5) is 96.1. The number of unbranched alkanes of at least 4 members (excludes halogenated alkanes) is 3. The van der Waals surface area contributed by atoms with Gasteiger partial charge < -0.3 is 39.0 Å². The molecule has 18 nitrogen and oxygen atoms in total. The number of thiol groups is 1. The van der Waals surface area contributed by atoms with Crippen LogP contribution in [0.5, 0.6) is 17.2 Å². The molecule has 4 saturated heterocycles. The zero-order chi connectivity index (χ0) is 52.5. The summed E-state index contributed by atoms with van der Waals surface area (Å²) in [6.07, 6.45) is 3.89. The van der Waals surface area contributed by atoms with Crippen molar-refractivity contribution in [2.45, 2.75) is 145 Å². The predicted molar refractivity (Wildman–Crippen MR) is 269 cm³/mol. The normalized spacial score (nSPS) is 25.7. The molecular weight excluding hydrogens is 971 g/mol. The number of aliphatic hydroxyl groups is 1. The Bertz CT molecular complexity index is 2350. The van der Waals surface area contributed by atoms with E-state index in [1.807, 2.05) is 13.8 Å². The molecule has 0 spiro atoms. The minimum Gasteiger partial charge on any atom is -0.507 e. The maximum atomic E-state index is 14.0. The molecule has 0 aromatic heterocycles. The van der Waals surface area contributed by atoms with Crippen LogP contribution >= 0.6 is 24.4 Å². The Kier molecular flexibility index (Phi) is 19.9. The van der Waals surface area contributed by atoms with Crippen molar-refractivity contribution in [1.29, 1.82) is 0 Å². The molecule has 4 amide bonds. The van der Waals surface area contributed by atoms with Crippen LogP contribution in [0.15, 0.2) is 18.2 Å². The topological polar surface area (TPSA) is 245 Å². The van der Waals surface area contributed by atoms with Gasteiger partial charge in [0.15, 0.2) is 17.9 Å². The van der Waals surface area contributed by atoms with Crippen molar-refractivity contribution in [3.05, 3.63) is 51.6 Å². The van der Waals surface area contributed by atoms with Gasteiger partial charge >= 0.3 is 0 Å². The first-order chi connectivity index (χ1) is 34.4. The summed E-state index contributed by atoms with van der Waals surface area (Å²) in [5.41, 5.74) is -3.43. The van der Waals surface area contributed by atoms with Crippen molar-refractivity contribution in [3.63, 3.8) is 0 Å². The van der Waals surface area contributed by atoms with Crippen molar-refractivity contribution < 1.29 is 72.6 Å². The van der Waals surface area contributed by atoms with Crippen LogP contribution < -0.4 is 10.1 Å². The molecule has 0 saturated carbocycles. The lowest BCUT2D eigenvalue weighted by atomic mass is 9.72. The Hall–Kier alpha value is -4.41. The smallest absolute Gasteiger partial charge is 0.242 e. The van der Waals surface area contributed by atoms with Crippen LogP contribution in [0.2, 0.25) is 0 Å². The minimum absolute atomic E-state index is 0.0442. The van der Waals surface area contributed by atoms with Crippen molar-refractivity contribution >= 4 is 65.4 Å². The van der Waals surface area contributed by atoms with Gasteiger partial charge in [0, 0.05) is 80.5 Å². The molecule has 4 heterocycles. The van der Waals surface area contributed by atoms with Crippen LogP contribution in [0.25, 0.3) is 0 Å². The van der Waals surface area contributed by atoms with E-state index in [-0.39, 0.29) is 77.7 Å². The number of carbonyl (C=O) groups is 7. The second kappa shape index (κ2) is 25.2. The highest BCUT2D eigenvalue weighted by atomic mass is 32.2. The number of hydrogen-bond donors (Lipinski definition) is 5. The van der Waals surface area contributed by atoms with Crippen LogP contribution in [0.4, 0.5) is 0 Å². The molecule has 2 aromatic carbocycles. The van der Waals surface area contributed by atoms with E-state index in [9.17, 15) is 48.9 Å². The number of carbonyl (C=O) groups excluding carboxylic acids is 7. The molecule has 20 heteroatoms. The number of Topliss-reactive ketones (excluding diaryl/α,β-unsaturated/α-hetero) is 1. The monoisotopic (exact) mass is 1040 g/mol. The van der Waals surface area contributed by atoms with Gasteiger partial charge in [-0.2, -0.15) is 12.6 Å². The number of hydrogen-bond acceptors (Lipinski definition) is 18. The number of phenols is 2. The Morgan fingerprint density at radius 1 is 0.903 bits per heavy atom. The maximum Gasteiger partial charge on any atom is 0.242 e. The van der Waals surface area contributed by atoms with E-state index in [0.29, 0.717) is 45.3 Å². The highest BCUT2D eigenvalue weighted by molar-refractivity contribution is 8.01. The molecule has 2 aliphatic carbocycles. The SMILES string of the molecule is CCC(C)(S)C1CC(=O)N(CCCCCN2C(=O)CC(SCC(=O)[C@]3(O)Cc4c(O)c5c(c(O)c4[C@@H](O[C@H]4CCCCO4)C3)C(=O)c3c(OC)cccc3C5=O)C2=O)C1=O.CCCC.CO[C@@H]1COCCN1. The summed E-state index contributed by atoms with van der Waals surface area (Å²) < 4.78 is 26.9. The van der Waals surface area contributed by atoms with Gasteiger partial charge in [-0.15, -0.1) is 11.8 Å². The molecule has 396 valence electrons. The Labute approximate surface area is 430 Å². The fraction of sp³-hybridized carbons (Fsp3) is 0.635. The molecule has 4 fully saturated rings. The second-order valence-electron chi connectivity index (χ2n) is 19.2. The van der Waals surface area contributed by atoms with Crippen molar-refractivity contribution in [3.8, 4) is 17.2 Å². The molecule has 0 radical (unpaired) electrons. The average molecular weight is 1040 g/mol. The number of fused-ring (bicyclic) bond motifs is 3. The highest BCUT2D eigenvalue weighted by Crippen LogP contribution is 2.53. The number of phenolic OH excluding ortho intramolecular Hbond substituents is 2. The largest absolute Gasteiger partial charge is 0.507 e. The number of thioether (sulfide) groups is 1. The third-order valence-corrected chi connectivity index (χ3v) is 16.1. The molecule has 2 aromatic rings. The lowest BCUT2D eigenvalue weighted by Crippen LogP contribution is -2.47. The van der Waals surface area contributed by atoms with Crippen LogP contribution in [0, 0.1) is 5.92 Å². The van der Waals surface area contributed by atoms with Gasteiger partial charge in [0.25, 0.3) is 0 Å². The molecule has 72 heavy (non-hydrogen) atoms. The van der Waals surface area contributed by atoms with E-state index < -0.39 is 98.5 Å². The number of methoxy groups -OCH3 is 2. The van der Waals surface area contributed by atoms with Gasteiger partial charge in [0.2, 0.25) is 29.4 Å². The van der Waals surface area contributed by atoms with E-state index in [1.54, 1.807) is 7.11 Å². The third-order valence-electron chi connectivity index (χ3n) is 14.3. The van der Waals surface area contributed by atoms with E-state index in [0.717, 1.165) is 42.7 Å². The van der Waals surface area contributed by atoms with Crippen LogP contribution in [0.3, 0.4) is 0 Å². The summed E-state index contributed by atoms with van der Waals surface area (Å²) in [6.45, 7) is 11.3. The highest BCUT2D eigenvalue weighted by Gasteiger charge is 2.51. The van der Waals surface area contributed by atoms with Crippen molar-refractivity contribution in [2.75, 3.05) is 59.4 Å². The number of aromatic hydroxyl groups is 2. The number of rotatable bonds is 17. The fourth-order valence-corrected chi connectivity index (χ4v) is 11.0. The quantitative estimate of drug-likeness (QED) is 0.0478. The molecule has 4 aliphatic heterocycles. The number of amides is 4. The number of ketones is 3. The van der Waals surface area contributed by atoms with Gasteiger partial charge in [-0.05, 0) is 57.9 Å². The van der Waals surface area contributed by atoms with Crippen molar-refractivity contribution in [1.82, 2.24) is 15.1 Å².